The summed E-state index contributed by atoms with van der Waals surface area (Å²) >= 11 is 0. The zero-order valence-corrected chi connectivity index (χ0v) is 9.69. The Morgan fingerprint density at radius 3 is 3.24 bits per heavy atom. The van der Waals surface area contributed by atoms with Crippen LogP contribution in [0.1, 0.15) is 23.3 Å². The van der Waals surface area contributed by atoms with E-state index >= 15 is 0 Å². The Bertz CT molecular complexity index is 389. The third-order valence-electron chi connectivity index (χ3n) is 2.92. The van der Waals surface area contributed by atoms with Crippen molar-refractivity contribution in [2.75, 3.05) is 25.1 Å². The highest BCUT2D eigenvalue weighted by molar-refractivity contribution is 5.91. The number of nitrogens with zero attached hydrogens (tertiary/aromatic N) is 1. The Balaban J connectivity index is 1.81. The van der Waals surface area contributed by atoms with E-state index < -0.39 is 5.91 Å². The number of carbonyl (C=O) groups excluding carboxylic acids is 1. The molecule has 92 valence electrons. The molecule has 1 aromatic heterocycles. The molecule has 17 heavy (non-hydrogen) atoms. The van der Waals surface area contributed by atoms with Gasteiger partial charge in [-0.3, -0.25) is 9.78 Å². The standard InChI is InChI=1S/C12H17N3O2/c13-12(16)11-7-10(2-5-15-11)14-4-1-9-3-6-17-8-9/h2,5,7,9H,1,3-4,6,8H2,(H2,13,16)(H,14,15). The summed E-state index contributed by atoms with van der Waals surface area (Å²) in [5.41, 5.74) is 6.34. The molecule has 0 radical (unpaired) electrons. The Kier molecular flexibility index (Phi) is 3.93. The first-order valence-electron chi connectivity index (χ1n) is 5.83. The quantitative estimate of drug-likeness (QED) is 0.798. The molecule has 5 heteroatoms. The Morgan fingerprint density at radius 2 is 2.53 bits per heavy atom. The van der Waals surface area contributed by atoms with E-state index in [1.807, 2.05) is 6.07 Å². The summed E-state index contributed by atoms with van der Waals surface area (Å²) in [6.45, 7) is 2.62. The van der Waals surface area contributed by atoms with Gasteiger partial charge < -0.3 is 15.8 Å². The van der Waals surface area contributed by atoms with Crippen molar-refractivity contribution in [3.8, 4) is 0 Å². The molecule has 1 saturated heterocycles. The fourth-order valence-electron chi connectivity index (χ4n) is 1.91. The van der Waals surface area contributed by atoms with Crippen molar-refractivity contribution in [2.45, 2.75) is 12.8 Å². The zero-order chi connectivity index (χ0) is 12.1. The predicted octanol–water partition coefficient (Wildman–Crippen LogP) is 1.02. The number of pyridine rings is 1. The molecule has 0 saturated carbocycles. The van der Waals surface area contributed by atoms with Crippen LogP contribution in [0.5, 0.6) is 0 Å². The first-order chi connectivity index (χ1) is 8.25. The highest BCUT2D eigenvalue weighted by Crippen LogP contribution is 2.16. The van der Waals surface area contributed by atoms with Gasteiger partial charge in [0, 0.05) is 31.6 Å². The van der Waals surface area contributed by atoms with Crippen LogP contribution >= 0.6 is 0 Å². The number of rotatable bonds is 5. The van der Waals surface area contributed by atoms with E-state index in [4.69, 9.17) is 10.5 Å². The predicted molar refractivity (Wildman–Crippen MR) is 64.8 cm³/mol. The van der Waals surface area contributed by atoms with Gasteiger partial charge in [0.05, 0.1) is 0 Å². The van der Waals surface area contributed by atoms with E-state index in [9.17, 15) is 4.79 Å². The number of aromatic nitrogens is 1. The lowest BCUT2D eigenvalue weighted by atomic mass is 10.1. The van der Waals surface area contributed by atoms with Crippen LogP contribution in [0.3, 0.4) is 0 Å². The van der Waals surface area contributed by atoms with Gasteiger partial charge in [0.15, 0.2) is 0 Å². The second kappa shape index (κ2) is 5.63. The Morgan fingerprint density at radius 1 is 1.65 bits per heavy atom. The van der Waals surface area contributed by atoms with Gasteiger partial charge in [0.2, 0.25) is 0 Å². The topological polar surface area (TPSA) is 77.2 Å². The summed E-state index contributed by atoms with van der Waals surface area (Å²) < 4.78 is 5.31. The summed E-state index contributed by atoms with van der Waals surface area (Å²) in [7, 11) is 0. The van der Waals surface area contributed by atoms with Crippen LogP contribution in [-0.2, 0) is 4.74 Å². The summed E-state index contributed by atoms with van der Waals surface area (Å²) in [5.74, 6) is 0.151. The molecule has 2 heterocycles. The minimum atomic E-state index is -0.502. The molecule has 0 aromatic carbocycles. The van der Waals surface area contributed by atoms with Crippen LogP contribution in [0, 0.1) is 5.92 Å². The number of amides is 1. The van der Waals surface area contributed by atoms with Crippen LogP contribution in [-0.4, -0.2) is 30.6 Å². The number of carbonyl (C=O) groups is 1. The molecule has 1 aliphatic heterocycles. The normalized spacial score (nSPS) is 19.2. The van der Waals surface area contributed by atoms with Crippen LogP contribution in [0.2, 0.25) is 0 Å². The maximum atomic E-state index is 11.0. The minimum absolute atomic E-state index is 0.291. The monoisotopic (exact) mass is 235 g/mol. The van der Waals surface area contributed by atoms with Gasteiger partial charge in [-0.25, -0.2) is 0 Å². The third-order valence-corrected chi connectivity index (χ3v) is 2.92. The van der Waals surface area contributed by atoms with E-state index in [1.54, 1.807) is 12.3 Å². The molecule has 0 bridgehead atoms. The lowest BCUT2D eigenvalue weighted by Gasteiger charge is -2.10. The molecule has 2 rings (SSSR count). The van der Waals surface area contributed by atoms with Crippen LogP contribution in [0.15, 0.2) is 18.3 Å². The van der Waals surface area contributed by atoms with E-state index in [-0.39, 0.29) is 0 Å². The molecule has 0 spiro atoms. The second-order valence-corrected chi connectivity index (χ2v) is 4.24. The van der Waals surface area contributed by atoms with E-state index in [2.05, 4.69) is 10.3 Å². The van der Waals surface area contributed by atoms with Gasteiger partial charge in [-0.05, 0) is 30.9 Å². The van der Waals surface area contributed by atoms with Crippen LogP contribution in [0.25, 0.3) is 0 Å². The van der Waals surface area contributed by atoms with E-state index in [0.717, 1.165) is 38.3 Å². The number of nitrogens with one attached hydrogen (secondary N) is 1. The SMILES string of the molecule is NC(=O)c1cc(NCCC2CCOC2)ccn1. The number of ether oxygens (including phenoxy) is 1. The molecule has 1 aromatic rings. The average molecular weight is 235 g/mol. The number of anilines is 1. The highest BCUT2D eigenvalue weighted by atomic mass is 16.5. The molecule has 5 nitrogen and oxygen atoms in total. The first-order valence-corrected chi connectivity index (χ1v) is 5.83. The maximum absolute atomic E-state index is 11.0. The van der Waals surface area contributed by atoms with Crippen molar-refractivity contribution >= 4 is 11.6 Å². The highest BCUT2D eigenvalue weighted by Gasteiger charge is 2.14. The molecule has 1 unspecified atom stereocenters. The summed E-state index contributed by atoms with van der Waals surface area (Å²) in [5, 5.41) is 3.26. The van der Waals surface area contributed by atoms with E-state index in [0.29, 0.717) is 11.6 Å². The van der Waals surface area contributed by atoms with Crippen LogP contribution in [0.4, 0.5) is 5.69 Å². The lowest BCUT2D eigenvalue weighted by molar-refractivity contribution is 0.0995. The van der Waals surface area contributed by atoms with Crippen LogP contribution < -0.4 is 11.1 Å². The summed E-state index contributed by atoms with van der Waals surface area (Å²) in [4.78, 5) is 14.8. The van der Waals surface area contributed by atoms with Crippen molar-refractivity contribution < 1.29 is 9.53 Å². The van der Waals surface area contributed by atoms with Crippen molar-refractivity contribution in [3.05, 3.63) is 24.0 Å². The molecule has 1 atom stereocenters. The largest absolute Gasteiger partial charge is 0.385 e. The molecular weight excluding hydrogens is 218 g/mol. The molecule has 3 N–H and O–H groups in total. The number of hydrogen-bond acceptors (Lipinski definition) is 4. The second-order valence-electron chi connectivity index (χ2n) is 4.24. The number of hydrogen-bond donors (Lipinski definition) is 2. The first kappa shape index (κ1) is 11.9. The summed E-state index contributed by atoms with van der Waals surface area (Å²) in [6.07, 6.45) is 3.81. The minimum Gasteiger partial charge on any atom is -0.385 e. The van der Waals surface area contributed by atoms with Gasteiger partial charge in [-0.1, -0.05) is 0 Å². The average Bonchev–Trinajstić information content (AvgIpc) is 2.82. The molecule has 1 fully saturated rings. The molecule has 0 aliphatic carbocycles. The fraction of sp³-hybridized carbons (Fsp3) is 0.500. The van der Waals surface area contributed by atoms with E-state index in [1.165, 1.54) is 0 Å². The summed E-state index contributed by atoms with van der Waals surface area (Å²) in [6, 6.07) is 3.51. The lowest BCUT2D eigenvalue weighted by Crippen LogP contribution is -2.14. The smallest absolute Gasteiger partial charge is 0.267 e. The maximum Gasteiger partial charge on any atom is 0.267 e. The van der Waals surface area contributed by atoms with Crippen molar-refractivity contribution in [1.82, 2.24) is 4.98 Å². The molecule has 1 aliphatic rings. The van der Waals surface area contributed by atoms with Crippen molar-refractivity contribution in [3.63, 3.8) is 0 Å². The Hall–Kier alpha value is -1.62. The zero-order valence-electron chi connectivity index (χ0n) is 9.69. The third kappa shape index (κ3) is 3.42. The van der Waals surface area contributed by atoms with Gasteiger partial charge in [0.25, 0.3) is 5.91 Å². The molecule has 1 amide bonds. The van der Waals surface area contributed by atoms with Gasteiger partial charge in [0.1, 0.15) is 5.69 Å². The molecular formula is C12H17N3O2. The van der Waals surface area contributed by atoms with Gasteiger partial charge in [-0.2, -0.15) is 0 Å². The van der Waals surface area contributed by atoms with Gasteiger partial charge >= 0.3 is 0 Å². The van der Waals surface area contributed by atoms with Gasteiger partial charge in [-0.15, -0.1) is 0 Å². The number of nitrogens with two attached hydrogens (primary N) is 1. The Labute approximate surface area is 100 Å². The fourth-order valence-corrected chi connectivity index (χ4v) is 1.91. The van der Waals surface area contributed by atoms with Crippen molar-refractivity contribution in [1.29, 1.82) is 0 Å². The number of primary amides is 1. The van der Waals surface area contributed by atoms with Crippen molar-refractivity contribution in [2.24, 2.45) is 11.7 Å².